The molecule has 0 saturated heterocycles. The van der Waals surface area contributed by atoms with Crippen LogP contribution in [-0.2, 0) is 18.4 Å². The molecule has 2 aromatic heterocycles. The first-order chi connectivity index (χ1) is 13.9. The van der Waals surface area contributed by atoms with E-state index in [-0.39, 0.29) is 12.1 Å². The van der Waals surface area contributed by atoms with Gasteiger partial charge in [-0.1, -0.05) is 23.7 Å². The molecule has 6 nitrogen and oxygen atoms in total. The van der Waals surface area contributed by atoms with Crippen molar-refractivity contribution in [3.63, 3.8) is 0 Å². The third kappa shape index (κ3) is 3.77. The average Bonchev–Trinajstić information content (AvgIpc) is 3.03. The number of amides is 1. The molecule has 4 rings (SSSR count). The first-order valence-electron chi connectivity index (χ1n) is 8.78. The summed E-state index contributed by atoms with van der Waals surface area (Å²) < 4.78 is 15.9. The van der Waals surface area contributed by atoms with E-state index in [1.165, 1.54) is 35.2 Å². The Morgan fingerprint density at radius 2 is 1.83 bits per heavy atom. The number of anilines is 1. The van der Waals surface area contributed by atoms with Crippen LogP contribution in [0, 0.1) is 5.82 Å². The quantitative estimate of drug-likeness (QED) is 0.556. The highest BCUT2D eigenvalue weighted by Gasteiger charge is 2.16. The van der Waals surface area contributed by atoms with Gasteiger partial charge in [-0.15, -0.1) is 0 Å². The zero-order valence-electron chi connectivity index (χ0n) is 15.4. The SMILES string of the molecule is Cn1cc(-c2ccc(Cl)cc2)c2ncn(CC(=O)Nc3ccc(F)cc3)c(=O)c21. The summed E-state index contributed by atoms with van der Waals surface area (Å²) in [5.41, 5.74) is 2.76. The van der Waals surface area contributed by atoms with Crippen LogP contribution in [0.25, 0.3) is 22.2 Å². The third-order valence-corrected chi connectivity index (χ3v) is 4.79. The molecule has 1 N–H and O–H groups in total. The van der Waals surface area contributed by atoms with E-state index in [9.17, 15) is 14.0 Å². The molecule has 0 fully saturated rings. The average molecular weight is 411 g/mol. The van der Waals surface area contributed by atoms with Crippen LogP contribution in [-0.4, -0.2) is 20.0 Å². The summed E-state index contributed by atoms with van der Waals surface area (Å²) in [4.78, 5) is 29.6. The first-order valence-corrected chi connectivity index (χ1v) is 9.16. The van der Waals surface area contributed by atoms with Gasteiger partial charge in [0.2, 0.25) is 5.91 Å². The second-order valence-corrected chi connectivity index (χ2v) is 7.03. The lowest BCUT2D eigenvalue weighted by molar-refractivity contribution is -0.116. The summed E-state index contributed by atoms with van der Waals surface area (Å²) in [6, 6.07) is 12.7. The maximum Gasteiger partial charge on any atom is 0.278 e. The van der Waals surface area contributed by atoms with Crippen LogP contribution in [0.2, 0.25) is 5.02 Å². The van der Waals surface area contributed by atoms with E-state index in [2.05, 4.69) is 10.3 Å². The highest BCUT2D eigenvalue weighted by Crippen LogP contribution is 2.28. The lowest BCUT2D eigenvalue weighted by Crippen LogP contribution is -2.28. The van der Waals surface area contributed by atoms with Gasteiger partial charge >= 0.3 is 0 Å². The zero-order chi connectivity index (χ0) is 20.5. The molecule has 0 aliphatic heterocycles. The molecule has 0 aliphatic carbocycles. The van der Waals surface area contributed by atoms with Crippen LogP contribution in [0.1, 0.15) is 0 Å². The largest absolute Gasteiger partial charge is 0.344 e. The van der Waals surface area contributed by atoms with Gasteiger partial charge in [0, 0.05) is 29.5 Å². The van der Waals surface area contributed by atoms with Gasteiger partial charge in [-0.25, -0.2) is 9.37 Å². The zero-order valence-corrected chi connectivity index (χ0v) is 16.2. The monoisotopic (exact) mass is 410 g/mol. The van der Waals surface area contributed by atoms with Crippen molar-refractivity contribution in [2.24, 2.45) is 7.05 Å². The predicted molar refractivity (Wildman–Crippen MR) is 110 cm³/mol. The van der Waals surface area contributed by atoms with Crippen LogP contribution >= 0.6 is 11.6 Å². The third-order valence-electron chi connectivity index (χ3n) is 4.54. The maximum atomic E-state index is 13.0. The summed E-state index contributed by atoms with van der Waals surface area (Å²) in [6.45, 7) is -0.208. The number of nitrogens with one attached hydrogen (secondary N) is 1. The number of aromatic nitrogens is 3. The van der Waals surface area contributed by atoms with Gasteiger partial charge in [-0.2, -0.15) is 0 Å². The number of rotatable bonds is 4. The summed E-state index contributed by atoms with van der Waals surface area (Å²) in [5.74, 6) is -0.805. The van der Waals surface area contributed by atoms with Crippen molar-refractivity contribution in [1.82, 2.24) is 14.1 Å². The van der Waals surface area contributed by atoms with Gasteiger partial charge < -0.3 is 9.88 Å². The lowest BCUT2D eigenvalue weighted by Gasteiger charge is -2.08. The molecule has 0 spiro atoms. The normalized spacial score (nSPS) is 11.0. The Labute approximate surface area is 170 Å². The Morgan fingerprint density at radius 3 is 2.52 bits per heavy atom. The molecule has 2 aromatic carbocycles. The van der Waals surface area contributed by atoms with E-state index in [1.54, 1.807) is 23.7 Å². The Bertz CT molecular complexity index is 1260. The number of nitrogens with zero attached hydrogens (tertiary/aromatic N) is 3. The minimum atomic E-state index is -0.410. The molecule has 29 heavy (non-hydrogen) atoms. The maximum absolute atomic E-state index is 13.0. The van der Waals surface area contributed by atoms with Crippen molar-refractivity contribution >= 4 is 34.2 Å². The molecule has 146 valence electrons. The molecule has 0 radical (unpaired) electrons. The number of benzene rings is 2. The first kappa shape index (κ1) is 18.9. The lowest BCUT2D eigenvalue weighted by atomic mass is 10.1. The van der Waals surface area contributed by atoms with E-state index in [0.29, 0.717) is 21.7 Å². The van der Waals surface area contributed by atoms with Crippen molar-refractivity contribution < 1.29 is 9.18 Å². The highest BCUT2D eigenvalue weighted by molar-refractivity contribution is 6.30. The van der Waals surface area contributed by atoms with Crippen LogP contribution < -0.4 is 10.9 Å². The van der Waals surface area contributed by atoms with Crippen molar-refractivity contribution in [1.29, 1.82) is 0 Å². The van der Waals surface area contributed by atoms with Crippen molar-refractivity contribution in [2.75, 3.05) is 5.32 Å². The van der Waals surface area contributed by atoms with Crippen LogP contribution in [0.4, 0.5) is 10.1 Å². The molecule has 0 saturated carbocycles. The Balaban J connectivity index is 1.65. The fourth-order valence-corrected chi connectivity index (χ4v) is 3.28. The number of halogens is 2. The molecule has 8 heteroatoms. The van der Waals surface area contributed by atoms with Crippen molar-refractivity contribution in [3.05, 3.63) is 82.2 Å². The topological polar surface area (TPSA) is 68.9 Å². The van der Waals surface area contributed by atoms with Crippen LogP contribution in [0.3, 0.4) is 0 Å². The number of carbonyl (C=O) groups excluding carboxylic acids is 1. The number of hydrogen-bond acceptors (Lipinski definition) is 3. The molecule has 0 bridgehead atoms. The summed E-state index contributed by atoms with van der Waals surface area (Å²) >= 11 is 5.95. The van der Waals surface area contributed by atoms with Crippen LogP contribution in [0.5, 0.6) is 0 Å². The van der Waals surface area contributed by atoms with Gasteiger partial charge in [0.05, 0.1) is 6.33 Å². The molecule has 0 atom stereocenters. The van der Waals surface area contributed by atoms with Crippen LogP contribution in [0.15, 0.2) is 65.8 Å². The second-order valence-electron chi connectivity index (χ2n) is 6.59. The van der Waals surface area contributed by atoms with Gasteiger partial charge in [0.15, 0.2) is 0 Å². The molecule has 4 aromatic rings. The Morgan fingerprint density at radius 1 is 1.14 bits per heavy atom. The Hall–Kier alpha value is -3.45. The molecular weight excluding hydrogens is 395 g/mol. The van der Waals surface area contributed by atoms with Crippen molar-refractivity contribution in [2.45, 2.75) is 6.54 Å². The fourth-order valence-electron chi connectivity index (χ4n) is 3.15. The van der Waals surface area contributed by atoms with Crippen molar-refractivity contribution in [3.8, 4) is 11.1 Å². The molecule has 0 aliphatic rings. The number of hydrogen-bond donors (Lipinski definition) is 1. The van der Waals surface area contributed by atoms with E-state index in [4.69, 9.17) is 11.6 Å². The van der Waals surface area contributed by atoms with E-state index in [0.717, 1.165) is 11.1 Å². The van der Waals surface area contributed by atoms with Gasteiger partial charge in [0.25, 0.3) is 5.56 Å². The summed E-state index contributed by atoms with van der Waals surface area (Å²) in [5, 5.41) is 3.25. The second kappa shape index (κ2) is 7.52. The smallest absolute Gasteiger partial charge is 0.278 e. The number of aryl methyl sites for hydroxylation is 1. The molecule has 2 heterocycles. The predicted octanol–water partition coefficient (Wildman–Crippen LogP) is 3.83. The number of fused-ring (bicyclic) bond motifs is 1. The van der Waals surface area contributed by atoms with E-state index < -0.39 is 11.7 Å². The van der Waals surface area contributed by atoms with Gasteiger partial charge in [-0.05, 0) is 42.0 Å². The molecule has 1 amide bonds. The molecular formula is C21H16ClFN4O2. The number of carbonyl (C=O) groups is 1. The minimum absolute atomic E-state index is 0.208. The van der Waals surface area contributed by atoms with E-state index in [1.807, 2.05) is 18.3 Å². The minimum Gasteiger partial charge on any atom is -0.344 e. The van der Waals surface area contributed by atoms with Gasteiger partial charge in [-0.3, -0.25) is 14.2 Å². The summed E-state index contributed by atoms with van der Waals surface area (Å²) in [7, 11) is 1.76. The molecule has 0 unspecified atom stereocenters. The van der Waals surface area contributed by atoms with E-state index >= 15 is 0 Å². The highest BCUT2D eigenvalue weighted by atomic mass is 35.5. The standard InChI is InChI=1S/C21H16ClFN4O2/c1-26-10-17(13-2-4-14(22)5-3-13)19-20(26)21(29)27(12-24-19)11-18(28)25-16-8-6-15(23)7-9-16/h2-10,12H,11H2,1H3,(H,25,28). The fraction of sp³-hybridized carbons (Fsp3) is 0.0952. The van der Waals surface area contributed by atoms with Gasteiger partial charge in [0.1, 0.15) is 23.4 Å². The summed E-state index contributed by atoms with van der Waals surface area (Å²) in [6.07, 6.45) is 3.18. The Kier molecular flexibility index (Phi) is 4.90.